The average Bonchev–Trinajstić information content (AvgIpc) is 3.03. The van der Waals surface area contributed by atoms with Gasteiger partial charge in [0.2, 0.25) is 5.91 Å². The zero-order chi connectivity index (χ0) is 20.3. The van der Waals surface area contributed by atoms with Gasteiger partial charge in [0.1, 0.15) is 6.54 Å². The number of nitrogens with zero attached hydrogens (tertiary/aromatic N) is 3. The minimum atomic E-state index is -0.462. The van der Waals surface area contributed by atoms with E-state index in [9.17, 15) is 14.9 Å². The van der Waals surface area contributed by atoms with Gasteiger partial charge in [0.15, 0.2) is 10.6 Å². The number of amides is 1. The molecule has 0 aliphatic carbocycles. The van der Waals surface area contributed by atoms with Crippen LogP contribution in [0.4, 0.5) is 5.69 Å². The van der Waals surface area contributed by atoms with Crippen LogP contribution in [0.3, 0.4) is 0 Å². The SMILES string of the molecule is Cc1ccc(-c2n[nH]c(=S)n2CC(=O)N[C@H](C)c2cccc([N+](=O)[O-])c2)cc1. The number of aromatic amines is 1. The average molecular weight is 397 g/mol. The van der Waals surface area contributed by atoms with E-state index in [1.807, 2.05) is 31.2 Å². The molecule has 2 N–H and O–H groups in total. The normalized spacial score (nSPS) is 11.8. The van der Waals surface area contributed by atoms with Crippen molar-refractivity contribution in [2.75, 3.05) is 0 Å². The standard InChI is InChI=1S/C19H19N5O3S/c1-12-6-8-14(9-7-12)18-21-22-19(28)23(18)11-17(25)20-13(2)15-4-3-5-16(10-15)24(26)27/h3-10,13H,11H2,1-2H3,(H,20,25)(H,22,28)/t13-/m1/s1. The number of rotatable bonds is 6. The van der Waals surface area contributed by atoms with Crippen LogP contribution in [-0.2, 0) is 11.3 Å². The molecule has 9 heteroatoms. The molecule has 2 aromatic carbocycles. The highest BCUT2D eigenvalue weighted by Gasteiger charge is 2.16. The van der Waals surface area contributed by atoms with Crippen molar-refractivity contribution in [3.8, 4) is 11.4 Å². The van der Waals surface area contributed by atoms with Crippen LogP contribution in [0.1, 0.15) is 24.1 Å². The second kappa shape index (κ2) is 8.13. The number of carbonyl (C=O) groups is 1. The van der Waals surface area contributed by atoms with Crippen LogP contribution >= 0.6 is 12.2 Å². The molecule has 3 aromatic rings. The third-order valence-electron chi connectivity index (χ3n) is 4.33. The Morgan fingerprint density at radius 3 is 2.71 bits per heavy atom. The Balaban J connectivity index is 1.76. The van der Waals surface area contributed by atoms with Crippen molar-refractivity contribution in [2.45, 2.75) is 26.4 Å². The van der Waals surface area contributed by atoms with E-state index in [2.05, 4.69) is 15.5 Å². The highest BCUT2D eigenvalue weighted by atomic mass is 32.1. The predicted octanol–water partition coefficient (Wildman–Crippen LogP) is 3.70. The van der Waals surface area contributed by atoms with Gasteiger partial charge in [0.05, 0.1) is 11.0 Å². The number of non-ortho nitro benzene ring substituents is 1. The zero-order valence-corrected chi connectivity index (χ0v) is 16.2. The number of hydrogen-bond acceptors (Lipinski definition) is 5. The van der Waals surface area contributed by atoms with Gasteiger partial charge in [-0.2, -0.15) is 5.10 Å². The maximum atomic E-state index is 12.5. The van der Waals surface area contributed by atoms with Crippen LogP contribution < -0.4 is 5.32 Å². The van der Waals surface area contributed by atoms with Gasteiger partial charge in [-0.25, -0.2) is 0 Å². The van der Waals surface area contributed by atoms with E-state index < -0.39 is 11.0 Å². The highest BCUT2D eigenvalue weighted by molar-refractivity contribution is 7.71. The third kappa shape index (κ3) is 4.32. The molecule has 0 saturated heterocycles. The van der Waals surface area contributed by atoms with E-state index in [4.69, 9.17) is 12.2 Å². The summed E-state index contributed by atoms with van der Waals surface area (Å²) in [4.78, 5) is 23.0. The minimum absolute atomic E-state index is 0.0161. The van der Waals surface area contributed by atoms with Crippen LogP contribution in [0.2, 0.25) is 0 Å². The summed E-state index contributed by atoms with van der Waals surface area (Å²) in [6, 6.07) is 13.6. The number of benzene rings is 2. The Kier molecular flexibility index (Phi) is 5.65. The molecule has 28 heavy (non-hydrogen) atoms. The van der Waals surface area contributed by atoms with Crippen LogP contribution in [0.5, 0.6) is 0 Å². The van der Waals surface area contributed by atoms with E-state index in [-0.39, 0.29) is 18.1 Å². The van der Waals surface area contributed by atoms with Crippen LogP contribution in [0.15, 0.2) is 48.5 Å². The van der Waals surface area contributed by atoms with E-state index in [1.54, 1.807) is 23.6 Å². The van der Waals surface area contributed by atoms with Crippen LogP contribution in [0.25, 0.3) is 11.4 Å². The number of aromatic nitrogens is 3. The summed E-state index contributed by atoms with van der Waals surface area (Å²) < 4.78 is 1.96. The minimum Gasteiger partial charge on any atom is -0.348 e. The number of nitrogens with one attached hydrogen (secondary N) is 2. The molecule has 8 nitrogen and oxygen atoms in total. The van der Waals surface area contributed by atoms with Crippen LogP contribution in [0, 0.1) is 21.8 Å². The van der Waals surface area contributed by atoms with Gasteiger partial charge in [-0.15, -0.1) is 0 Å². The number of H-pyrrole nitrogens is 1. The number of nitro groups is 1. The first-order valence-corrected chi connectivity index (χ1v) is 9.02. The van der Waals surface area contributed by atoms with Gasteiger partial charge in [0, 0.05) is 17.7 Å². The number of hydrogen-bond donors (Lipinski definition) is 2. The van der Waals surface area contributed by atoms with Crippen molar-refractivity contribution in [3.63, 3.8) is 0 Å². The number of nitro benzene ring substituents is 1. The molecule has 0 spiro atoms. The molecular formula is C19H19N5O3S. The first-order valence-electron chi connectivity index (χ1n) is 8.61. The summed E-state index contributed by atoms with van der Waals surface area (Å²) in [6.07, 6.45) is 0. The van der Waals surface area contributed by atoms with Crippen molar-refractivity contribution in [1.29, 1.82) is 0 Å². The maximum absolute atomic E-state index is 12.5. The molecule has 3 rings (SSSR count). The van der Waals surface area contributed by atoms with Gasteiger partial charge in [-0.3, -0.25) is 24.6 Å². The van der Waals surface area contributed by atoms with Crippen molar-refractivity contribution in [2.24, 2.45) is 0 Å². The quantitative estimate of drug-likeness (QED) is 0.375. The Morgan fingerprint density at radius 2 is 2.04 bits per heavy atom. The summed E-state index contributed by atoms with van der Waals surface area (Å²) in [5, 5.41) is 20.7. The summed E-state index contributed by atoms with van der Waals surface area (Å²) in [6.45, 7) is 3.74. The topological polar surface area (TPSA) is 106 Å². The molecule has 0 radical (unpaired) electrons. The summed E-state index contributed by atoms with van der Waals surface area (Å²) >= 11 is 5.26. The molecule has 1 atom stereocenters. The molecule has 1 amide bonds. The lowest BCUT2D eigenvalue weighted by Gasteiger charge is -2.15. The van der Waals surface area contributed by atoms with Crippen molar-refractivity contribution in [1.82, 2.24) is 20.1 Å². The third-order valence-corrected chi connectivity index (χ3v) is 4.64. The number of carbonyl (C=O) groups excluding carboxylic acids is 1. The van der Waals surface area contributed by atoms with Gasteiger partial charge < -0.3 is 5.32 Å². The smallest absolute Gasteiger partial charge is 0.269 e. The van der Waals surface area contributed by atoms with Crippen LogP contribution in [-0.4, -0.2) is 25.6 Å². The second-order valence-corrected chi connectivity index (χ2v) is 6.83. The van der Waals surface area contributed by atoms with Gasteiger partial charge in [-0.1, -0.05) is 42.0 Å². The summed E-state index contributed by atoms with van der Waals surface area (Å²) in [5.74, 6) is 0.299. The molecule has 0 fully saturated rings. The molecule has 0 bridgehead atoms. The predicted molar refractivity (Wildman–Crippen MR) is 107 cm³/mol. The molecular weight excluding hydrogens is 378 g/mol. The fourth-order valence-electron chi connectivity index (χ4n) is 2.81. The van der Waals surface area contributed by atoms with E-state index in [0.717, 1.165) is 11.1 Å². The van der Waals surface area contributed by atoms with E-state index in [1.165, 1.54) is 12.1 Å². The lowest BCUT2D eigenvalue weighted by atomic mass is 10.1. The summed E-state index contributed by atoms with van der Waals surface area (Å²) in [7, 11) is 0. The lowest BCUT2D eigenvalue weighted by molar-refractivity contribution is -0.384. The molecule has 1 heterocycles. The zero-order valence-electron chi connectivity index (χ0n) is 15.4. The Hall–Kier alpha value is -3.33. The lowest BCUT2D eigenvalue weighted by Crippen LogP contribution is -2.30. The Labute approximate surface area is 166 Å². The highest BCUT2D eigenvalue weighted by Crippen LogP contribution is 2.20. The van der Waals surface area contributed by atoms with Crippen molar-refractivity contribution in [3.05, 3.63) is 74.5 Å². The fraction of sp³-hybridized carbons (Fsp3) is 0.211. The Bertz CT molecular complexity index is 1070. The molecule has 1 aromatic heterocycles. The largest absolute Gasteiger partial charge is 0.348 e. The molecule has 0 unspecified atom stereocenters. The van der Waals surface area contributed by atoms with E-state index in [0.29, 0.717) is 16.2 Å². The second-order valence-electron chi connectivity index (χ2n) is 6.45. The Morgan fingerprint density at radius 1 is 1.32 bits per heavy atom. The first-order chi connectivity index (χ1) is 13.3. The monoisotopic (exact) mass is 397 g/mol. The molecule has 0 aliphatic heterocycles. The number of aryl methyl sites for hydroxylation is 1. The molecule has 0 aliphatic rings. The van der Waals surface area contributed by atoms with Gasteiger partial charge >= 0.3 is 0 Å². The van der Waals surface area contributed by atoms with E-state index >= 15 is 0 Å². The van der Waals surface area contributed by atoms with Gasteiger partial charge in [0.25, 0.3) is 5.69 Å². The summed E-state index contributed by atoms with van der Waals surface area (Å²) in [5.41, 5.74) is 2.60. The first kappa shape index (κ1) is 19.4. The van der Waals surface area contributed by atoms with Crippen molar-refractivity contribution >= 4 is 23.8 Å². The van der Waals surface area contributed by atoms with Crippen molar-refractivity contribution < 1.29 is 9.72 Å². The molecule has 144 valence electrons. The maximum Gasteiger partial charge on any atom is 0.269 e. The fourth-order valence-corrected chi connectivity index (χ4v) is 3.01. The van der Waals surface area contributed by atoms with Gasteiger partial charge in [-0.05, 0) is 31.6 Å². The molecule has 0 saturated carbocycles.